The zero-order valence-electron chi connectivity index (χ0n) is 24.0. The van der Waals surface area contributed by atoms with E-state index in [9.17, 15) is 0 Å². The van der Waals surface area contributed by atoms with E-state index < -0.39 is 0 Å². The normalized spacial score (nSPS) is 11.1. The topological polar surface area (TPSA) is 32.3 Å². The van der Waals surface area contributed by atoms with Crippen molar-refractivity contribution in [1.82, 2.24) is 8.75 Å². The Labute approximate surface area is 274 Å². The van der Waals surface area contributed by atoms with Gasteiger partial charge in [-0.1, -0.05) is 84.9 Å². The van der Waals surface area contributed by atoms with Crippen molar-refractivity contribution in [2.45, 2.75) is 0 Å². The summed E-state index contributed by atoms with van der Waals surface area (Å²) in [5.41, 5.74) is 8.59. The van der Waals surface area contributed by atoms with E-state index in [2.05, 4.69) is 168 Å². The quantitative estimate of drug-likeness (QED) is 0.166. The van der Waals surface area contributed by atoms with Crippen LogP contribution in [0.1, 0.15) is 0 Å². The van der Waals surface area contributed by atoms with Gasteiger partial charge in [0.05, 0.1) is 11.7 Å². The van der Waals surface area contributed by atoms with Crippen LogP contribution < -0.4 is 9.80 Å². The van der Waals surface area contributed by atoms with Gasteiger partial charge < -0.3 is 9.80 Å². The van der Waals surface area contributed by atoms with Crippen molar-refractivity contribution in [2.24, 2.45) is 0 Å². The monoisotopic (exact) mass is 634 g/mol. The lowest BCUT2D eigenvalue weighted by molar-refractivity contribution is 1.32. The van der Waals surface area contributed by atoms with Gasteiger partial charge in [0.2, 0.25) is 0 Å². The molecule has 0 fully saturated rings. The Morgan fingerprint density at radius 2 is 0.689 bits per heavy atom. The summed E-state index contributed by atoms with van der Waals surface area (Å²) < 4.78 is 9.61. The van der Waals surface area contributed by atoms with Crippen molar-refractivity contribution in [3.63, 3.8) is 0 Å². The van der Waals surface area contributed by atoms with Crippen LogP contribution >= 0.6 is 34.4 Å². The summed E-state index contributed by atoms with van der Waals surface area (Å²) in [6.07, 6.45) is 0. The maximum Gasteiger partial charge on any atom is 0.114 e. The highest BCUT2D eigenvalue weighted by Gasteiger charge is 2.20. The van der Waals surface area contributed by atoms with Crippen molar-refractivity contribution < 1.29 is 0 Å². The molecule has 0 saturated carbocycles. The zero-order valence-corrected chi connectivity index (χ0v) is 26.5. The van der Waals surface area contributed by atoms with Gasteiger partial charge in [-0.15, -0.1) is 22.7 Å². The van der Waals surface area contributed by atoms with Crippen LogP contribution in [0.25, 0.3) is 31.9 Å². The van der Waals surface area contributed by atoms with Crippen LogP contribution in [0.2, 0.25) is 0 Å². The van der Waals surface area contributed by atoms with Crippen LogP contribution in [0.4, 0.5) is 32.8 Å². The van der Waals surface area contributed by atoms with Crippen LogP contribution in [-0.4, -0.2) is 8.75 Å². The van der Waals surface area contributed by atoms with Gasteiger partial charge in [-0.2, -0.15) is 8.75 Å². The summed E-state index contributed by atoms with van der Waals surface area (Å²) >= 11 is 4.80. The van der Waals surface area contributed by atoms with Gasteiger partial charge in [-0.05, 0) is 72.8 Å². The number of nitrogens with zero attached hydrogens (tertiary/aromatic N) is 4. The highest BCUT2D eigenvalue weighted by Crippen LogP contribution is 2.46. The van der Waals surface area contributed by atoms with Gasteiger partial charge in [-0.25, -0.2) is 0 Å². The summed E-state index contributed by atoms with van der Waals surface area (Å²) in [5, 5.41) is 2.29. The summed E-state index contributed by atoms with van der Waals surface area (Å²) in [5.74, 6) is 0. The molecule has 45 heavy (non-hydrogen) atoms. The lowest BCUT2D eigenvalue weighted by atomic mass is 10.1. The Balaban J connectivity index is 1.17. The van der Waals surface area contributed by atoms with Crippen molar-refractivity contribution in [2.75, 3.05) is 9.80 Å². The van der Waals surface area contributed by atoms with Gasteiger partial charge >= 0.3 is 0 Å². The molecule has 0 saturated heterocycles. The first-order chi connectivity index (χ1) is 22.3. The molecule has 0 amide bonds. The number of rotatable bonds is 8. The number of anilines is 6. The fourth-order valence-corrected chi connectivity index (χ4v) is 8.29. The van der Waals surface area contributed by atoms with Crippen LogP contribution in [0.3, 0.4) is 0 Å². The number of hydrogen-bond donors (Lipinski definition) is 0. The number of fused-ring (bicyclic) bond motifs is 1. The predicted molar refractivity (Wildman–Crippen MR) is 193 cm³/mol. The van der Waals surface area contributed by atoms with Gasteiger partial charge in [0.25, 0.3) is 0 Å². The fourth-order valence-electron chi connectivity index (χ4n) is 5.56. The second-order valence-corrected chi connectivity index (χ2v) is 13.1. The van der Waals surface area contributed by atoms with Crippen molar-refractivity contribution in [3.8, 4) is 20.9 Å². The molecule has 8 rings (SSSR count). The van der Waals surface area contributed by atoms with Gasteiger partial charge in [0.1, 0.15) is 21.0 Å². The molecule has 0 aliphatic rings. The van der Waals surface area contributed by atoms with Crippen molar-refractivity contribution >= 4 is 78.2 Å². The maximum atomic E-state index is 4.81. The third-order valence-corrected chi connectivity index (χ3v) is 10.4. The van der Waals surface area contributed by atoms with E-state index in [0.29, 0.717) is 0 Å². The van der Waals surface area contributed by atoms with E-state index in [1.165, 1.54) is 11.7 Å². The predicted octanol–water partition coefficient (Wildman–Crippen LogP) is 12.1. The Kier molecular flexibility index (Phi) is 7.40. The molecule has 5 aromatic carbocycles. The minimum Gasteiger partial charge on any atom is -0.302 e. The van der Waals surface area contributed by atoms with Crippen molar-refractivity contribution in [1.29, 1.82) is 0 Å². The molecule has 0 spiro atoms. The van der Waals surface area contributed by atoms with E-state index in [-0.39, 0.29) is 0 Å². The summed E-state index contributed by atoms with van der Waals surface area (Å²) in [7, 11) is 0. The minimum atomic E-state index is 0.940. The molecule has 0 bridgehead atoms. The number of hydrogen-bond acceptors (Lipinski definition) is 7. The Bertz CT molecular complexity index is 1940. The third kappa shape index (κ3) is 5.31. The maximum absolute atomic E-state index is 4.81. The molecule has 0 N–H and O–H groups in total. The number of benzene rings is 5. The van der Waals surface area contributed by atoms with E-state index >= 15 is 0 Å². The molecule has 0 unspecified atom stereocenters. The first-order valence-corrected chi connectivity index (χ1v) is 17.0. The smallest absolute Gasteiger partial charge is 0.114 e. The zero-order chi connectivity index (χ0) is 30.0. The van der Waals surface area contributed by atoms with Gasteiger partial charge in [0, 0.05) is 43.6 Å². The number of para-hydroxylation sites is 4. The third-order valence-electron chi connectivity index (χ3n) is 7.63. The largest absolute Gasteiger partial charge is 0.302 e. The second-order valence-electron chi connectivity index (χ2n) is 10.4. The highest BCUT2D eigenvalue weighted by molar-refractivity contribution is 7.20. The molecule has 0 aliphatic heterocycles. The Hall–Kier alpha value is -5.08. The van der Waals surface area contributed by atoms with Crippen LogP contribution in [-0.2, 0) is 0 Å². The summed E-state index contributed by atoms with van der Waals surface area (Å²) in [6.45, 7) is 0. The molecular formula is C38H26N4S3. The van der Waals surface area contributed by atoms with Crippen LogP contribution in [0.5, 0.6) is 0 Å². The first-order valence-electron chi connectivity index (χ1n) is 14.6. The average Bonchev–Trinajstić information content (AvgIpc) is 3.89. The van der Waals surface area contributed by atoms with Gasteiger partial charge in [-0.3, -0.25) is 0 Å². The summed E-state index contributed by atoms with van der Waals surface area (Å²) in [6, 6.07) is 55.3. The van der Waals surface area contributed by atoms with E-state index in [4.69, 9.17) is 8.75 Å². The lowest BCUT2D eigenvalue weighted by Gasteiger charge is -2.23. The van der Waals surface area contributed by atoms with E-state index in [1.807, 2.05) is 0 Å². The molecule has 3 aromatic heterocycles. The minimum absolute atomic E-state index is 0.940. The number of aromatic nitrogens is 2. The molecule has 4 nitrogen and oxygen atoms in total. The molecule has 0 radical (unpaired) electrons. The Morgan fingerprint density at radius 3 is 1.02 bits per heavy atom. The van der Waals surface area contributed by atoms with Gasteiger partial charge in [0.15, 0.2) is 0 Å². The van der Waals surface area contributed by atoms with E-state index in [1.54, 1.807) is 22.7 Å². The first kappa shape index (κ1) is 27.5. The molecule has 8 aromatic rings. The second kappa shape index (κ2) is 12.1. The van der Waals surface area contributed by atoms with Crippen LogP contribution in [0, 0.1) is 0 Å². The lowest BCUT2D eigenvalue weighted by Crippen LogP contribution is -2.07. The molecule has 216 valence electrons. The highest BCUT2D eigenvalue weighted by atomic mass is 32.1. The van der Waals surface area contributed by atoms with E-state index in [0.717, 1.165) is 64.7 Å². The average molecular weight is 635 g/mol. The standard InChI is InChI=1S/C38H26N4S3/c1-5-13-27(14-6-1)41(28-15-7-2-8-16-28)35-25-23-33(43-35)31-21-22-32(38-37(31)39-45-40-38)34-24-26-36(44-34)42(29-17-9-3-10-18-29)30-19-11-4-12-20-30/h1-26H. The molecule has 0 aliphatic carbocycles. The SMILES string of the molecule is c1ccc(N(c2ccccc2)c2ccc(-c3ccc(-c4ccc(N(c5ccccc5)c5ccccc5)s4)c4nsnc34)s2)cc1. The number of thiophene rings is 2. The molecule has 7 heteroatoms. The summed E-state index contributed by atoms with van der Waals surface area (Å²) in [4.78, 5) is 6.93. The fraction of sp³-hybridized carbons (Fsp3) is 0. The van der Waals surface area contributed by atoms with Crippen LogP contribution in [0.15, 0.2) is 158 Å². The van der Waals surface area contributed by atoms with Crippen molar-refractivity contribution in [3.05, 3.63) is 158 Å². The molecule has 0 atom stereocenters. The Morgan fingerprint density at radius 1 is 0.356 bits per heavy atom. The molecule has 3 heterocycles. The molecular weight excluding hydrogens is 609 g/mol.